The van der Waals surface area contributed by atoms with Crippen LogP contribution in [0.2, 0.25) is 0 Å². The van der Waals surface area contributed by atoms with E-state index in [1.165, 1.54) is 5.57 Å². The van der Waals surface area contributed by atoms with Crippen molar-refractivity contribution in [2.24, 2.45) is 22.7 Å². The number of aliphatic hydroxyl groups is 1. The van der Waals surface area contributed by atoms with Crippen LogP contribution in [-0.2, 0) is 9.53 Å². The van der Waals surface area contributed by atoms with Gasteiger partial charge in [0, 0.05) is 12.5 Å². The number of allylic oxidation sites excluding steroid dienone is 1. The summed E-state index contributed by atoms with van der Waals surface area (Å²) in [4.78, 5) is 12.3. The lowest BCUT2D eigenvalue weighted by Gasteiger charge is -2.54. The molecular formula is C16H24O3. The molecule has 0 bridgehead atoms. The summed E-state index contributed by atoms with van der Waals surface area (Å²) in [5.41, 5.74) is 1.06. The molecule has 0 aromatic heterocycles. The van der Waals surface area contributed by atoms with Crippen molar-refractivity contribution in [1.29, 1.82) is 0 Å². The fourth-order valence-corrected chi connectivity index (χ4v) is 5.27. The topological polar surface area (TPSA) is 46.5 Å². The van der Waals surface area contributed by atoms with E-state index in [0.29, 0.717) is 5.92 Å². The molecule has 3 aliphatic rings. The molecule has 3 heteroatoms. The van der Waals surface area contributed by atoms with Crippen molar-refractivity contribution in [3.05, 3.63) is 11.6 Å². The van der Waals surface area contributed by atoms with Gasteiger partial charge in [-0.25, -0.2) is 0 Å². The highest BCUT2D eigenvalue weighted by molar-refractivity contribution is 5.80. The summed E-state index contributed by atoms with van der Waals surface area (Å²) in [7, 11) is 0. The third-order valence-electron chi connectivity index (χ3n) is 6.04. The lowest BCUT2D eigenvalue weighted by atomic mass is 9.48. The normalized spacial score (nSPS) is 48.5. The quantitative estimate of drug-likeness (QED) is 0.616. The Morgan fingerprint density at radius 3 is 2.84 bits per heavy atom. The molecular weight excluding hydrogens is 240 g/mol. The standard InChI is InChI=1S/C16H24O3/c1-10-9-12-13-15(2,11(10)5-8-17)6-4-7-16(13,3)14(18)19-12/h9,11-13,17H,4-8H2,1-3H3/t11-,12?,13?,15+,16-/m0/s1. The van der Waals surface area contributed by atoms with Crippen LogP contribution < -0.4 is 0 Å². The second-order valence-electron chi connectivity index (χ2n) is 7.10. The molecule has 3 nitrogen and oxygen atoms in total. The fraction of sp³-hybridized carbons (Fsp3) is 0.812. The highest BCUT2D eigenvalue weighted by Gasteiger charge is 2.65. The number of rotatable bonds is 2. The molecule has 5 atom stereocenters. The van der Waals surface area contributed by atoms with Gasteiger partial charge in [-0.3, -0.25) is 4.79 Å². The van der Waals surface area contributed by atoms with Gasteiger partial charge in [0.2, 0.25) is 0 Å². The van der Waals surface area contributed by atoms with E-state index >= 15 is 0 Å². The average molecular weight is 264 g/mol. The molecule has 3 rings (SSSR count). The van der Waals surface area contributed by atoms with Gasteiger partial charge in [-0.05, 0) is 50.5 Å². The molecule has 106 valence electrons. The van der Waals surface area contributed by atoms with Gasteiger partial charge in [-0.1, -0.05) is 18.9 Å². The van der Waals surface area contributed by atoms with Gasteiger partial charge in [0.15, 0.2) is 0 Å². The number of carbonyl (C=O) groups is 1. The van der Waals surface area contributed by atoms with Gasteiger partial charge < -0.3 is 9.84 Å². The van der Waals surface area contributed by atoms with Crippen LogP contribution in [-0.4, -0.2) is 23.8 Å². The maximum Gasteiger partial charge on any atom is 0.312 e. The molecule has 0 aromatic carbocycles. The van der Waals surface area contributed by atoms with E-state index in [9.17, 15) is 9.90 Å². The summed E-state index contributed by atoms with van der Waals surface area (Å²) < 4.78 is 5.67. The number of aliphatic hydroxyl groups excluding tert-OH is 1. The maximum atomic E-state index is 12.3. The summed E-state index contributed by atoms with van der Waals surface area (Å²) in [6.45, 7) is 6.73. The van der Waals surface area contributed by atoms with Crippen LogP contribution in [0.15, 0.2) is 11.6 Å². The van der Waals surface area contributed by atoms with Gasteiger partial charge >= 0.3 is 5.97 Å². The number of esters is 1. The van der Waals surface area contributed by atoms with E-state index in [1.54, 1.807) is 0 Å². The Kier molecular flexibility index (Phi) is 2.83. The lowest BCUT2D eigenvalue weighted by Crippen LogP contribution is -2.52. The number of carbonyl (C=O) groups excluding carboxylic acids is 1. The highest BCUT2D eigenvalue weighted by Crippen LogP contribution is 2.63. The minimum absolute atomic E-state index is 0.0119. The molecule has 2 unspecified atom stereocenters. The fourth-order valence-electron chi connectivity index (χ4n) is 5.27. The van der Waals surface area contributed by atoms with E-state index in [2.05, 4.69) is 26.8 Å². The lowest BCUT2D eigenvalue weighted by molar-refractivity contribution is -0.148. The Morgan fingerprint density at radius 1 is 1.42 bits per heavy atom. The molecule has 1 aliphatic heterocycles. The van der Waals surface area contributed by atoms with Crippen molar-refractivity contribution < 1.29 is 14.6 Å². The third kappa shape index (κ3) is 1.57. The predicted octanol–water partition coefficient (Wildman–Crippen LogP) is 2.68. The molecule has 0 radical (unpaired) electrons. The van der Waals surface area contributed by atoms with Crippen LogP contribution in [0.25, 0.3) is 0 Å². The molecule has 2 aliphatic carbocycles. The second-order valence-corrected chi connectivity index (χ2v) is 7.10. The molecule has 1 saturated heterocycles. The first-order chi connectivity index (χ1) is 8.93. The van der Waals surface area contributed by atoms with Gasteiger partial charge in [-0.2, -0.15) is 0 Å². The van der Waals surface area contributed by atoms with E-state index in [1.807, 2.05) is 0 Å². The average Bonchev–Trinajstić information content (AvgIpc) is 2.58. The molecule has 2 fully saturated rings. The Bertz CT molecular complexity index is 441. The largest absolute Gasteiger partial charge is 0.457 e. The van der Waals surface area contributed by atoms with Crippen molar-refractivity contribution in [1.82, 2.24) is 0 Å². The molecule has 0 spiro atoms. The van der Waals surface area contributed by atoms with Crippen molar-refractivity contribution in [2.75, 3.05) is 6.61 Å². The number of hydrogen-bond donors (Lipinski definition) is 1. The van der Waals surface area contributed by atoms with Crippen LogP contribution in [0.4, 0.5) is 0 Å². The van der Waals surface area contributed by atoms with Crippen molar-refractivity contribution in [2.45, 2.75) is 52.6 Å². The Morgan fingerprint density at radius 2 is 2.16 bits per heavy atom. The van der Waals surface area contributed by atoms with Crippen molar-refractivity contribution >= 4 is 5.97 Å². The summed E-state index contributed by atoms with van der Waals surface area (Å²) in [5, 5.41) is 9.38. The van der Waals surface area contributed by atoms with Crippen LogP contribution >= 0.6 is 0 Å². The first-order valence-corrected chi connectivity index (χ1v) is 7.44. The van der Waals surface area contributed by atoms with Gasteiger partial charge in [-0.15, -0.1) is 0 Å². The Balaban J connectivity index is 2.09. The van der Waals surface area contributed by atoms with Crippen LogP contribution in [0.1, 0.15) is 46.5 Å². The summed E-state index contributed by atoms with van der Waals surface area (Å²) in [6, 6.07) is 0. The maximum absolute atomic E-state index is 12.3. The Labute approximate surface area is 115 Å². The third-order valence-corrected chi connectivity index (χ3v) is 6.04. The number of hydrogen-bond acceptors (Lipinski definition) is 3. The van der Waals surface area contributed by atoms with Crippen LogP contribution in [0.3, 0.4) is 0 Å². The van der Waals surface area contributed by atoms with Gasteiger partial charge in [0.25, 0.3) is 0 Å². The molecule has 1 N–H and O–H groups in total. The van der Waals surface area contributed by atoms with Gasteiger partial charge in [0.05, 0.1) is 5.41 Å². The zero-order chi connectivity index (χ0) is 13.8. The molecule has 19 heavy (non-hydrogen) atoms. The molecule has 0 aromatic rings. The van der Waals surface area contributed by atoms with Crippen LogP contribution in [0.5, 0.6) is 0 Å². The predicted molar refractivity (Wildman–Crippen MR) is 72.4 cm³/mol. The molecule has 1 saturated carbocycles. The van der Waals surface area contributed by atoms with Crippen molar-refractivity contribution in [3.63, 3.8) is 0 Å². The summed E-state index contributed by atoms with van der Waals surface area (Å²) in [5.74, 6) is 0.650. The smallest absolute Gasteiger partial charge is 0.312 e. The first-order valence-electron chi connectivity index (χ1n) is 7.44. The van der Waals surface area contributed by atoms with Gasteiger partial charge in [0.1, 0.15) is 6.10 Å². The second kappa shape index (κ2) is 4.08. The molecule has 0 amide bonds. The van der Waals surface area contributed by atoms with E-state index in [0.717, 1.165) is 25.7 Å². The highest BCUT2D eigenvalue weighted by atomic mass is 16.6. The van der Waals surface area contributed by atoms with Crippen LogP contribution in [0, 0.1) is 22.7 Å². The summed E-state index contributed by atoms with van der Waals surface area (Å²) >= 11 is 0. The van der Waals surface area contributed by atoms with E-state index in [-0.39, 0.29) is 35.4 Å². The monoisotopic (exact) mass is 264 g/mol. The van der Waals surface area contributed by atoms with E-state index < -0.39 is 0 Å². The SMILES string of the molecule is CC1=CC2OC(=O)[C@@]3(C)CCC[C@@](C)(C23)[C@H]1CCO. The zero-order valence-electron chi connectivity index (χ0n) is 12.1. The summed E-state index contributed by atoms with van der Waals surface area (Å²) in [6.07, 6.45) is 6.06. The Hall–Kier alpha value is -0.830. The minimum atomic E-state index is -0.317. The van der Waals surface area contributed by atoms with E-state index in [4.69, 9.17) is 4.74 Å². The first kappa shape index (κ1) is 13.2. The van der Waals surface area contributed by atoms with Crippen molar-refractivity contribution in [3.8, 4) is 0 Å². The minimum Gasteiger partial charge on any atom is -0.457 e. The zero-order valence-corrected chi connectivity index (χ0v) is 12.1. The molecule has 1 heterocycles. The number of ether oxygens (including phenoxy) is 1.